The fourth-order valence-electron chi connectivity index (χ4n) is 3.20. The number of thioether (sulfide) groups is 1. The van der Waals surface area contributed by atoms with Gasteiger partial charge < -0.3 is 10.4 Å². The van der Waals surface area contributed by atoms with Crippen molar-refractivity contribution in [2.75, 3.05) is 6.54 Å². The Labute approximate surface area is 158 Å². The van der Waals surface area contributed by atoms with Gasteiger partial charge in [0.2, 0.25) is 0 Å². The molecule has 2 N–H and O–H groups in total. The van der Waals surface area contributed by atoms with Gasteiger partial charge in [-0.25, -0.2) is 0 Å². The number of benzene rings is 2. The van der Waals surface area contributed by atoms with Crippen molar-refractivity contribution in [2.24, 2.45) is 0 Å². The molecule has 1 unspecified atom stereocenters. The Kier molecular flexibility index (Phi) is 5.37. The number of hydrogen-bond donors (Lipinski definition) is 2. The van der Waals surface area contributed by atoms with Crippen molar-refractivity contribution in [3.05, 3.63) is 65.2 Å². The molecule has 0 aromatic heterocycles. The largest absolute Gasteiger partial charge is 0.480 e. The molecule has 1 fully saturated rings. The second-order valence-electron chi connectivity index (χ2n) is 6.87. The standard InChI is InChI=1S/C21H23NO3S/c1-14-7-3-5-9-17(14)21(11-12-21)13-22-19(23)16-8-4-6-10-18(16)26-15(2)20(24)25/h3-10,15H,11-13H2,1-2H3,(H,22,23)(H,24,25). The van der Waals surface area contributed by atoms with E-state index in [4.69, 9.17) is 5.11 Å². The fraction of sp³-hybridized carbons (Fsp3) is 0.333. The third kappa shape index (κ3) is 3.93. The Hall–Kier alpha value is -2.27. The molecule has 0 saturated heterocycles. The van der Waals surface area contributed by atoms with Gasteiger partial charge in [-0.3, -0.25) is 9.59 Å². The Balaban J connectivity index is 1.72. The number of carboxylic acid groups (broad SMARTS) is 1. The number of aliphatic carboxylic acids is 1. The zero-order valence-electron chi connectivity index (χ0n) is 15.0. The topological polar surface area (TPSA) is 66.4 Å². The summed E-state index contributed by atoms with van der Waals surface area (Å²) in [5, 5.41) is 11.6. The highest BCUT2D eigenvalue weighted by molar-refractivity contribution is 8.00. The quantitative estimate of drug-likeness (QED) is 0.724. The van der Waals surface area contributed by atoms with E-state index in [0.717, 1.165) is 12.8 Å². The maximum Gasteiger partial charge on any atom is 0.316 e. The smallest absolute Gasteiger partial charge is 0.316 e. The van der Waals surface area contributed by atoms with E-state index >= 15 is 0 Å². The van der Waals surface area contributed by atoms with E-state index in [2.05, 4.69) is 24.4 Å². The van der Waals surface area contributed by atoms with Gasteiger partial charge in [-0.05, 0) is 49.9 Å². The number of carbonyl (C=O) groups excluding carboxylic acids is 1. The minimum absolute atomic E-state index is 0.0391. The first-order valence-electron chi connectivity index (χ1n) is 8.76. The first-order chi connectivity index (χ1) is 12.4. The average Bonchev–Trinajstić information content (AvgIpc) is 3.41. The molecule has 0 spiro atoms. The summed E-state index contributed by atoms with van der Waals surface area (Å²) in [5.74, 6) is -1.03. The normalized spacial score (nSPS) is 15.9. The zero-order valence-corrected chi connectivity index (χ0v) is 15.8. The predicted octanol–water partition coefficient (Wildman–Crippen LogP) is 4.02. The molecule has 1 aliphatic rings. The summed E-state index contributed by atoms with van der Waals surface area (Å²) in [6, 6.07) is 15.5. The third-order valence-corrected chi connectivity index (χ3v) is 6.11. The second-order valence-corrected chi connectivity index (χ2v) is 8.26. The van der Waals surface area contributed by atoms with E-state index in [-0.39, 0.29) is 11.3 Å². The molecule has 3 rings (SSSR count). The first kappa shape index (κ1) is 18.5. The van der Waals surface area contributed by atoms with Crippen molar-refractivity contribution in [2.45, 2.75) is 42.2 Å². The Morgan fingerprint density at radius 1 is 1.15 bits per heavy atom. The van der Waals surface area contributed by atoms with E-state index in [1.165, 1.54) is 22.9 Å². The molecule has 0 aliphatic heterocycles. The van der Waals surface area contributed by atoms with Crippen LogP contribution in [0.2, 0.25) is 0 Å². The molecular formula is C21H23NO3S. The molecule has 2 aromatic carbocycles. The molecular weight excluding hydrogens is 346 g/mol. The van der Waals surface area contributed by atoms with E-state index in [1.54, 1.807) is 25.1 Å². The van der Waals surface area contributed by atoms with Crippen molar-refractivity contribution >= 4 is 23.6 Å². The third-order valence-electron chi connectivity index (χ3n) is 4.94. The lowest BCUT2D eigenvalue weighted by Crippen LogP contribution is -2.33. The van der Waals surface area contributed by atoms with Crippen molar-refractivity contribution in [3.8, 4) is 0 Å². The van der Waals surface area contributed by atoms with Crippen molar-refractivity contribution in [1.29, 1.82) is 0 Å². The summed E-state index contributed by atoms with van der Waals surface area (Å²) in [5.41, 5.74) is 3.14. The van der Waals surface area contributed by atoms with E-state index < -0.39 is 11.2 Å². The van der Waals surface area contributed by atoms with Crippen LogP contribution in [0.5, 0.6) is 0 Å². The minimum Gasteiger partial charge on any atom is -0.480 e. The van der Waals surface area contributed by atoms with Gasteiger partial charge in [-0.1, -0.05) is 36.4 Å². The van der Waals surface area contributed by atoms with Crippen molar-refractivity contribution in [1.82, 2.24) is 5.32 Å². The van der Waals surface area contributed by atoms with Gasteiger partial charge in [0.25, 0.3) is 5.91 Å². The molecule has 26 heavy (non-hydrogen) atoms. The molecule has 0 heterocycles. The molecule has 4 nitrogen and oxygen atoms in total. The summed E-state index contributed by atoms with van der Waals surface area (Å²) >= 11 is 1.19. The second kappa shape index (κ2) is 7.54. The lowest BCUT2D eigenvalue weighted by atomic mass is 9.92. The van der Waals surface area contributed by atoms with Gasteiger partial charge >= 0.3 is 5.97 Å². The lowest BCUT2D eigenvalue weighted by Gasteiger charge is -2.19. The summed E-state index contributed by atoms with van der Waals surface area (Å²) in [6.07, 6.45) is 2.15. The highest BCUT2D eigenvalue weighted by atomic mass is 32.2. The summed E-state index contributed by atoms with van der Waals surface area (Å²) in [4.78, 5) is 24.5. The Morgan fingerprint density at radius 3 is 2.46 bits per heavy atom. The Morgan fingerprint density at radius 2 is 1.81 bits per heavy atom. The fourth-order valence-corrected chi connectivity index (χ4v) is 4.13. The molecule has 1 saturated carbocycles. The molecule has 1 atom stereocenters. The molecule has 0 bridgehead atoms. The number of nitrogens with one attached hydrogen (secondary N) is 1. The summed E-state index contributed by atoms with van der Waals surface area (Å²) in [6.45, 7) is 4.33. The monoisotopic (exact) mass is 369 g/mol. The lowest BCUT2D eigenvalue weighted by molar-refractivity contribution is -0.136. The van der Waals surface area contributed by atoms with Crippen LogP contribution in [0.3, 0.4) is 0 Å². The van der Waals surface area contributed by atoms with Crippen molar-refractivity contribution in [3.63, 3.8) is 0 Å². The van der Waals surface area contributed by atoms with Gasteiger partial charge in [-0.2, -0.15) is 0 Å². The van der Waals surface area contributed by atoms with E-state index in [1.807, 2.05) is 18.2 Å². The predicted molar refractivity (Wildman–Crippen MR) is 104 cm³/mol. The van der Waals surface area contributed by atoms with Crippen LogP contribution in [0.15, 0.2) is 53.4 Å². The molecule has 0 radical (unpaired) electrons. The van der Waals surface area contributed by atoms with Gasteiger partial charge in [0, 0.05) is 16.9 Å². The van der Waals surface area contributed by atoms with Gasteiger partial charge in [0.1, 0.15) is 5.25 Å². The minimum atomic E-state index is -0.887. The highest BCUT2D eigenvalue weighted by Gasteiger charge is 2.45. The molecule has 136 valence electrons. The highest BCUT2D eigenvalue weighted by Crippen LogP contribution is 2.48. The first-order valence-corrected chi connectivity index (χ1v) is 9.64. The van der Waals surface area contributed by atoms with Gasteiger partial charge in [-0.15, -0.1) is 11.8 Å². The van der Waals surface area contributed by atoms with E-state index in [0.29, 0.717) is 17.0 Å². The SMILES string of the molecule is Cc1ccccc1C1(CNC(=O)c2ccccc2SC(C)C(=O)O)CC1. The van der Waals surface area contributed by atoms with Crippen LogP contribution in [-0.4, -0.2) is 28.8 Å². The van der Waals surface area contributed by atoms with E-state index in [9.17, 15) is 9.59 Å². The number of rotatable bonds is 7. The van der Waals surface area contributed by atoms with Crippen LogP contribution in [0, 0.1) is 6.92 Å². The maximum atomic E-state index is 12.7. The number of amides is 1. The van der Waals surface area contributed by atoms with Crippen LogP contribution in [0.25, 0.3) is 0 Å². The number of hydrogen-bond acceptors (Lipinski definition) is 3. The molecule has 1 aliphatic carbocycles. The van der Waals surface area contributed by atoms with Crippen LogP contribution < -0.4 is 5.32 Å². The van der Waals surface area contributed by atoms with Crippen LogP contribution in [0.4, 0.5) is 0 Å². The van der Waals surface area contributed by atoms with Crippen LogP contribution in [0.1, 0.15) is 41.3 Å². The average molecular weight is 369 g/mol. The molecule has 2 aromatic rings. The van der Waals surface area contributed by atoms with Gasteiger partial charge in [0.05, 0.1) is 5.56 Å². The number of aryl methyl sites for hydroxylation is 1. The van der Waals surface area contributed by atoms with Gasteiger partial charge in [0.15, 0.2) is 0 Å². The summed E-state index contributed by atoms with van der Waals surface area (Å²) < 4.78 is 0. The number of carboxylic acids is 1. The number of carbonyl (C=O) groups is 2. The van der Waals surface area contributed by atoms with Crippen LogP contribution >= 0.6 is 11.8 Å². The molecule has 5 heteroatoms. The Bertz CT molecular complexity index is 830. The van der Waals surface area contributed by atoms with Crippen molar-refractivity contribution < 1.29 is 14.7 Å². The zero-order chi connectivity index (χ0) is 18.7. The summed E-state index contributed by atoms with van der Waals surface area (Å²) in [7, 11) is 0. The molecule has 1 amide bonds. The maximum absolute atomic E-state index is 12.7. The van der Waals surface area contributed by atoms with Crippen LogP contribution in [-0.2, 0) is 10.2 Å².